The number of hydrogen-bond donors (Lipinski definition) is 9. The summed E-state index contributed by atoms with van der Waals surface area (Å²) in [6.45, 7) is 0.787. The van der Waals surface area contributed by atoms with Crippen LogP contribution < -0.4 is 38.9 Å². The minimum Gasteiger partial charge on any atom is -0.480 e. The van der Waals surface area contributed by atoms with Gasteiger partial charge in [0.2, 0.25) is 23.6 Å². The molecular weight excluding hydrogens is 416 g/mol. The van der Waals surface area contributed by atoms with Crippen molar-refractivity contribution in [3.05, 3.63) is 0 Å². The Kier molecular flexibility index (Phi) is 12.2. The molecule has 15 nitrogen and oxygen atoms in total. The molecule has 176 valence electrons. The highest BCUT2D eigenvalue weighted by molar-refractivity contribution is 5.94. The highest BCUT2D eigenvalue weighted by Crippen LogP contribution is 2.01. The SMILES string of the molecule is CC(NC(=O)C(CCCN=C(N)N)NC(=O)C(N)CO)C(=O)NC(CC(N)=O)C(=O)O. The molecule has 15 heteroatoms. The van der Waals surface area contributed by atoms with E-state index in [1.54, 1.807) is 0 Å². The molecule has 4 unspecified atom stereocenters. The molecular formula is C16H30N8O7. The van der Waals surface area contributed by atoms with E-state index >= 15 is 0 Å². The van der Waals surface area contributed by atoms with Crippen LogP contribution in [0.4, 0.5) is 0 Å². The number of guanidine groups is 1. The average Bonchev–Trinajstić information content (AvgIpc) is 2.67. The van der Waals surface area contributed by atoms with E-state index in [4.69, 9.17) is 33.1 Å². The Morgan fingerprint density at radius 3 is 2.00 bits per heavy atom. The zero-order chi connectivity index (χ0) is 24.1. The first kappa shape index (κ1) is 27.5. The third-order valence-corrected chi connectivity index (χ3v) is 3.88. The van der Waals surface area contributed by atoms with Gasteiger partial charge in [0.15, 0.2) is 5.96 Å². The largest absolute Gasteiger partial charge is 0.480 e. The average molecular weight is 446 g/mol. The molecule has 0 aromatic rings. The smallest absolute Gasteiger partial charge is 0.326 e. The number of aliphatic hydroxyl groups is 1. The monoisotopic (exact) mass is 446 g/mol. The highest BCUT2D eigenvalue weighted by Gasteiger charge is 2.28. The van der Waals surface area contributed by atoms with Crippen molar-refractivity contribution in [1.29, 1.82) is 0 Å². The van der Waals surface area contributed by atoms with E-state index in [9.17, 15) is 24.0 Å². The van der Waals surface area contributed by atoms with Crippen LogP contribution in [0.15, 0.2) is 4.99 Å². The number of aliphatic carboxylic acids is 1. The van der Waals surface area contributed by atoms with Gasteiger partial charge in [0.25, 0.3) is 0 Å². The summed E-state index contributed by atoms with van der Waals surface area (Å²) in [7, 11) is 0. The van der Waals surface area contributed by atoms with Crippen LogP contribution in [0.1, 0.15) is 26.2 Å². The van der Waals surface area contributed by atoms with Gasteiger partial charge in [0, 0.05) is 6.54 Å². The third-order valence-electron chi connectivity index (χ3n) is 3.88. The fourth-order valence-electron chi connectivity index (χ4n) is 2.21. The van der Waals surface area contributed by atoms with E-state index < -0.39 is 66.8 Å². The summed E-state index contributed by atoms with van der Waals surface area (Å²) < 4.78 is 0. The minimum atomic E-state index is -1.57. The van der Waals surface area contributed by atoms with Crippen molar-refractivity contribution in [1.82, 2.24) is 16.0 Å². The molecule has 0 aromatic carbocycles. The zero-order valence-electron chi connectivity index (χ0n) is 17.0. The second kappa shape index (κ2) is 13.7. The number of nitrogens with zero attached hydrogens (tertiary/aromatic N) is 1. The van der Waals surface area contributed by atoms with E-state index in [0.717, 1.165) is 0 Å². The summed E-state index contributed by atoms with van der Waals surface area (Å²) >= 11 is 0. The second-order valence-corrected chi connectivity index (χ2v) is 6.60. The van der Waals surface area contributed by atoms with Crippen LogP contribution in [-0.2, 0) is 24.0 Å². The molecule has 0 heterocycles. The number of primary amides is 1. The molecule has 0 radical (unpaired) electrons. The van der Waals surface area contributed by atoms with Crippen LogP contribution in [0.25, 0.3) is 0 Å². The van der Waals surface area contributed by atoms with Gasteiger partial charge in [-0.2, -0.15) is 0 Å². The number of aliphatic imine (C=N–C) groups is 1. The van der Waals surface area contributed by atoms with Gasteiger partial charge in [-0.05, 0) is 19.8 Å². The predicted octanol–water partition coefficient (Wildman–Crippen LogP) is -5.21. The molecule has 0 aliphatic heterocycles. The number of carbonyl (C=O) groups is 5. The number of carbonyl (C=O) groups excluding carboxylic acids is 4. The lowest BCUT2D eigenvalue weighted by Crippen LogP contribution is -2.56. The van der Waals surface area contributed by atoms with Crippen molar-refractivity contribution < 1.29 is 34.2 Å². The molecule has 0 bridgehead atoms. The molecule has 4 atom stereocenters. The van der Waals surface area contributed by atoms with Gasteiger partial charge in [-0.1, -0.05) is 0 Å². The number of carboxylic acid groups (broad SMARTS) is 1. The number of hydrogen-bond acceptors (Lipinski definition) is 8. The molecule has 31 heavy (non-hydrogen) atoms. The van der Waals surface area contributed by atoms with Crippen molar-refractivity contribution in [3.8, 4) is 0 Å². The van der Waals surface area contributed by atoms with Gasteiger partial charge < -0.3 is 49.1 Å². The van der Waals surface area contributed by atoms with Gasteiger partial charge in [-0.3, -0.25) is 24.2 Å². The Morgan fingerprint density at radius 1 is 0.935 bits per heavy atom. The lowest BCUT2D eigenvalue weighted by atomic mass is 10.1. The normalized spacial score (nSPS) is 14.3. The fraction of sp³-hybridized carbons (Fsp3) is 0.625. The molecule has 13 N–H and O–H groups in total. The summed E-state index contributed by atoms with van der Waals surface area (Å²) in [5.74, 6) is -5.02. The molecule has 0 saturated carbocycles. The van der Waals surface area contributed by atoms with Gasteiger partial charge >= 0.3 is 5.97 Å². The minimum absolute atomic E-state index is 0.0697. The molecule has 0 rings (SSSR count). The Labute approximate surface area is 178 Å². The fourth-order valence-corrected chi connectivity index (χ4v) is 2.21. The van der Waals surface area contributed by atoms with Crippen LogP contribution in [-0.4, -0.2) is 83.1 Å². The van der Waals surface area contributed by atoms with E-state index in [1.807, 2.05) is 0 Å². The van der Waals surface area contributed by atoms with Crippen molar-refractivity contribution in [2.45, 2.75) is 50.4 Å². The van der Waals surface area contributed by atoms with E-state index in [2.05, 4.69) is 20.9 Å². The first-order chi connectivity index (χ1) is 14.4. The van der Waals surface area contributed by atoms with Gasteiger partial charge in [-0.25, -0.2) is 4.79 Å². The van der Waals surface area contributed by atoms with E-state index in [0.29, 0.717) is 0 Å². The Balaban J connectivity index is 5.11. The molecule has 0 spiro atoms. The maximum absolute atomic E-state index is 12.5. The van der Waals surface area contributed by atoms with Crippen LogP contribution in [0.5, 0.6) is 0 Å². The molecule has 0 aliphatic carbocycles. The lowest BCUT2D eigenvalue weighted by Gasteiger charge is -2.23. The summed E-state index contributed by atoms with van der Waals surface area (Å²) in [5, 5.41) is 24.8. The summed E-state index contributed by atoms with van der Waals surface area (Å²) in [4.78, 5) is 62.5. The molecule has 0 fully saturated rings. The lowest BCUT2D eigenvalue weighted by molar-refractivity contribution is -0.143. The second-order valence-electron chi connectivity index (χ2n) is 6.60. The van der Waals surface area contributed by atoms with Crippen molar-refractivity contribution in [2.24, 2.45) is 27.9 Å². The van der Waals surface area contributed by atoms with Crippen LogP contribution in [0, 0.1) is 0 Å². The van der Waals surface area contributed by atoms with Crippen LogP contribution in [0.3, 0.4) is 0 Å². The first-order valence-electron chi connectivity index (χ1n) is 9.23. The first-order valence-corrected chi connectivity index (χ1v) is 9.23. The maximum atomic E-state index is 12.5. The molecule has 0 saturated heterocycles. The van der Waals surface area contributed by atoms with Gasteiger partial charge in [-0.15, -0.1) is 0 Å². The van der Waals surface area contributed by atoms with Gasteiger partial charge in [0.05, 0.1) is 13.0 Å². The zero-order valence-corrected chi connectivity index (χ0v) is 17.0. The third kappa shape index (κ3) is 11.3. The maximum Gasteiger partial charge on any atom is 0.326 e. The number of nitrogens with two attached hydrogens (primary N) is 4. The molecule has 4 amide bonds. The highest BCUT2D eigenvalue weighted by atomic mass is 16.4. The van der Waals surface area contributed by atoms with Crippen molar-refractivity contribution >= 4 is 35.6 Å². The van der Waals surface area contributed by atoms with Crippen LogP contribution in [0.2, 0.25) is 0 Å². The summed E-state index contributed by atoms with van der Waals surface area (Å²) in [5.41, 5.74) is 20.8. The summed E-state index contributed by atoms with van der Waals surface area (Å²) in [6, 6.07) is -5.19. The number of amides is 4. The van der Waals surface area contributed by atoms with Gasteiger partial charge in [0.1, 0.15) is 24.2 Å². The van der Waals surface area contributed by atoms with Crippen molar-refractivity contribution in [2.75, 3.05) is 13.2 Å². The standard InChI is InChI=1S/C16H30N8O7/c1-7(12(27)24-10(15(30)31)5-11(18)26)22-14(29)9(3-2-4-21-16(19)20)23-13(28)8(17)6-25/h7-10,25H,2-6,17H2,1H3,(H2,18,26)(H,22,29)(H,23,28)(H,24,27)(H,30,31)(H4,19,20,21). The number of aliphatic hydroxyl groups excluding tert-OH is 1. The topological polar surface area (TPSA) is 278 Å². The van der Waals surface area contributed by atoms with Crippen LogP contribution >= 0.6 is 0 Å². The Bertz CT molecular complexity index is 695. The number of carboxylic acids is 1. The molecule has 0 aromatic heterocycles. The van der Waals surface area contributed by atoms with E-state index in [1.165, 1.54) is 6.92 Å². The Hall–Kier alpha value is -3.46. The number of nitrogens with one attached hydrogen (secondary N) is 3. The summed E-state index contributed by atoms with van der Waals surface area (Å²) in [6.07, 6.45) is -0.282. The number of rotatable bonds is 14. The van der Waals surface area contributed by atoms with Crippen molar-refractivity contribution in [3.63, 3.8) is 0 Å². The predicted molar refractivity (Wildman–Crippen MR) is 108 cm³/mol. The quantitative estimate of drug-likeness (QED) is 0.0694. The Morgan fingerprint density at radius 2 is 1.52 bits per heavy atom. The molecule has 0 aliphatic rings. The van der Waals surface area contributed by atoms with E-state index in [-0.39, 0.29) is 25.3 Å².